The van der Waals surface area contributed by atoms with Gasteiger partial charge in [0, 0.05) is 12.6 Å². The Hall–Kier alpha value is -1.20. The topological polar surface area (TPSA) is 66.3 Å². The van der Waals surface area contributed by atoms with E-state index in [-0.39, 0.29) is 11.8 Å². The number of aromatic nitrogens is 2. The summed E-state index contributed by atoms with van der Waals surface area (Å²) in [5.41, 5.74) is 0.300. The Morgan fingerprint density at radius 3 is 2.82 bits per heavy atom. The molecule has 0 radical (unpaired) electrons. The molecule has 0 aromatic carbocycles. The lowest BCUT2D eigenvalue weighted by Crippen LogP contribution is -2.43. The number of rotatable bonds is 5. The van der Waals surface area contributed by atoms with Gasteiger partial charge in [-0.2, -0.15) is 0 Å². The fraction of sp³-hybridized carbons (Fsp3) is 0.545. The van der Waals surface area contributed by atoms with Gasteiger partial charge in [0.2, 0.25) is 0 Å². The van der Waals surface area contributed by atoms with Gasteiger partial charge in [0.15, 0.2) is 6.29 Å². The van der Waals surface area contributed by atoms with E-state index < -0.39 is 0 Å². The minimum absolute atomic E-state index is 0.0242. The molecule has 17 heavy (non-hydrogen) atoms. The second kappa shape index (κ2) is 5.42. The van der Waals surface area contributed by atoms with E-state index in [0.717, 1.165) is 12.8 Å². The molecule has 92 valence electrons. The van der Waals surface area contributed by atoms with Gasteiger partial charge in [-0.25, -0.2) is 9.97 Å². The van der Waals surface area contributed by atoms with Crippen LogP contribution in [0.2, 0.25) is 5.15 Å². The van der Waals surface area contributed by atoms with Crippen molar-refractivity contribution in [2.75, 3.05) is 18.1 Å². The molecule has 6 heteroatoms. The number of anilines is 1. The summed E-state index contributed by atoms with van der Waals surface area (Å²) in [5, 5.41) is 9.25. The largest absolute Gasteiger partial charge is 0.395 e. The molecular formula is C11H14ClN3O2. The van der Waals surface area contributed by atoms with E-state index in [1.165, 1.54) is 12.7 Å². The molecule has 0 aliphatic heterocycles. The third kappa shape index (κ3) is 2.40. The van der Waals surface area contributed by atoms with Crippen LogP contribution in [0.3, 0.4) is 0 Å². The highest BCUT2D eigenvalue weighted by Crippen LogP contribution is 2.31. The Kier molecular flexibility index (Phi) is 3.91. The highest BCUT2D eigenvalue weighted by Gasteiger charge is 2.28. The van der Waals surface area contributed by atoms with E-state index in [0.29, 0.717) is 30.3 Å². The summed E-state index contributed by atoms with van der Waals surface area (Å²) >= 11 is 5.87. The summed E-state index contributed by atoms with van der Waals surface area (Å²) in [6.07, 6.45) is 5.29. The molecule has 1 aliphatic rings. The van der Waals surface area contributed by atoms with Crippen LogP contribution in [0.15, 0.2) is 6.33 Å². The number of nitrogens with zero attached hydrogens (tertiary/aromatic N) is 3. The quantitative estimate of drug-likeness (QED) is 0.634. The SMILES string of the molecule is O=Cc1c(Cl)ncnc1N(CCO)C1CCC1. The first-order chi connectivity index (χ1) is 8.27. The molecule has 5 nitrogen and oxygen atoms in total. The van der Waals surface area contributed by atoms with Crippen molar-refractivity contribution in [3.05, 3.63) is 17.0 Å². The molecule has 1 aromatic heterocycles. The van der Waals surface area contributed by atoms with Gasteiger partial charge in [-0.1, -0.05) is 11.6 Å². The maximum atomic E-state index is 11.0. The number of aliphatic hydroxyl groups excluding tert-OH is 1. The second-order valence-corrected chi connectivity index (χ2v) is 4.38. The van der Waals surface area contributed by atoms with E-state index in [1.807, 2.05) is 4.90 Å². The lowest BCUT2D eigenvalue weighted by molar-refractivity contribution is 0.112. The minimum Gasteiger partial charge on any atom is -0.395 e. The van der Waals surface area contributed by atoms with Crippen LogP contribution in [0, 0.1) is 0 Å². The maximum absolute atomic E-state index is 11.0. The van der Waals surface area contributed by atoms with Crippen LogP contribution < -0.4 is 4.90 Å². The minimum atomic E-state index is 0.0242. The molecule has 1 aromatic rings. The predicted molar refractivity (Wildman–Crippen MR) is 64.5 cm³/mol. The van der Waals surface area contributed by atoms with Crippen LogP contribution in [0.5, 0.6) is 0 Å². The molecule has 0 amide bonds. The van der Waals surface area contributed by atoms with Crippen LogP contribution in [-0.2, 0) is 0 Å². The van der Waals surface area contributed by atoms with Gasteiger partial charge in [-0.15, -0.1) is 0 Å². The Morgan fingerprint density at radius 1 is 1.53 bits per heavy atom. The summed E-state index contributed by atoms with van der Waals surface area (Å²) in [5.74, 6) is 0.527. The van der Waals surface area contributed by atoms with Gasteiger partial charge in [-0.05, 0) is 19.3 Å². The molecule has 1 N–H and O–H groups in total. The van der Waals surface area contributed by atoms with E-state index >= 15 is 0 Å². The third-order valence-corrected chi connectivity index (χ3v) is 3.36. The van der Waals surface area contributed by atoms with Crippen molar-refractivity contribution in [1.82, 2.24) is 9.97 Å². The van der Waals surface area contributed by atoms with Crippen LogP contribution in [0.1, 0.15) is 29.6 Å². The Morgan fingerprint density at radius 2 is 2.29 bits per heavy atom. The fourth-order valence-corrected chi connectivity index (χ4v) is 2.14. The Labute approximate surface area is 104 Å². The number of carbonyl (C=O) groups excluding carboxylic acids is 1. The first-order valence-electron chi connectivity index (χ1n) is 5.61. The van der Waals surface area contributed by atoms with Crippen molar-refractivity contribution in [1.29, 1.82) is 0 Å². The fourth-order valence-electron chi connectivity index (χ4n) is 1.96. The van der Waals surface area contributed by atoms with Gasteiger partial charge in [0.25, 0.3) is 0 Å². The molecule has 0 bridgehead atoms. The maximum Gasteiger partial charge on any atom is 0.156 e. The summed E-state index contributed by atoms with van der Waals surface area (Å²) in [6.45, 7) is 0.481. The molecule has 1 aliphatic carbocycles. The zero-order chi connectivity index (χ0) is 12.3. The lowest BCUT2D eigenvalue weighted by atomic mass is 9.91. The van der Waals surface area contributed by atoms with E-state index in [4.69, 9.17) is 16.7 Å². The van der Waals surface area contributed by atoms with Crippen molar-refractivity contribution in [3.63, 3.8) is 0 Å². The number of carbonyl (C=O) groups is 1. The van der Waals surface area contributed by atoms with Crippen LogP contribution >= 0.6 is 11.6 Å². The molecule has 0 atom stereocenters. The number of aldehydes is 1. The van der Waals surface area contributed by atoms with Crippen LogP contribution in [0.4, 0.5) is 5.82 Å². The number of aliphatic hydroxyl groups is 1. The van der Waals surface area contributed by atoms with Gasteiger partial charge in [0.1, 0.15) is 17.3 Å². The Bertz CT molecular complexity index is 410. The Balaban J connectivity index is 2.34. The number of halogens is 1. The van der Waals surface area contributed by atoms with Gasteiger partial charge in [0.05, 0.1) is 12.2 Å². The van der Waals surface area contributed by atoms with E-state index in [1.54, 1.807) is 0 Å². The molecule has 1 heterocycles. The van der Waals surface area contributed by atoms with E-state index in [2.05, 4.69) is 9.97 Å². The summed E-state index contributed by atoms with van der Waals surface area (Å²) < 4.78 is 0. The zero-order valence-electron chi connectivity index (χ0n) is 9.34. The van der Waals surface area contributed by atoms with Crippen molar-refractivity contribution in [2.24, 2.45) is 0 Å². The van der Waals surface area contributed by atoms with Gasteiger partial charge >= 0.3 is 0 Å². The van der Waals surface area contributed by atoms with Crippen LogP contribution in [-0.4, -0.2) is 40.6 Å². The lowest BCUT2D eigenvalue weighted by Gasteiger charge is -2.38. The molecule has 1 saturated carbocycles. The third-order valence-electron chi connectivity index (χ3n) is 3.06. The van der Waals surface area contributed by atoms with E-state index in [9.17, 15) is 4.79 Å². The molecule has 0 unspecified atom stereocenters. The predicted octanol–water partition coefficient (Wildman–Crippen LogP) is 1.29. The number of hydrogen-bond acceptors (Lipinski definition) is 5. The average molecular weight is 256 g/mol. The van der Waals surface area contributed by atoms with Crippen LogP contribution in [0.25, 0.3) is 0 Å². The first kappa shape index (κ1) is 12.3. The van der Waals surface area contributed by atoms with Crippen molar-refractivity contribution in [2.45, 2.75) is 25.3 Å². The molecule has 0 spiro atoms. The second-order valence-electron chi connectivity index (χ2n) is 4.02. The van der Waals surface area contributed by atoms with Gasteiger partial charge in [-0.3, -0.25) is 4.79 Å². The number of hydrogen-bond donors (Lipinski definition) is 1. The van der Waals surface area contributed by atoms with Crippen molar-refractivity contribution < 1.29 is 9.90 Å². The monoisotopic (exact) mass is 255 g/mol. The highest BCUT2D eigenvalue weighted by molar-refractivity contribution is 6.32. The summed E-state index contributed by atoms with van der Waals surface area (Å²) in [4.78, 5) is 20.9. The molecule has 0 saturated heterocycles. The molecule has 1 fully saturated rings. The van der Waals surface area contributed by atoms with Crippen molar-refractivity contribution >= 4 is 23.7 Å². The molecular weight excluding hydrogens is 242 g/mol. The first-order valence-corrected chi connectivity index (χ1v) is 5.99. The zero-order valence-corrected chi connectivity index (χ0v) is 10.1. The normalized spacial score (nSPS) is 15.4. The average Bonchev–Trinajstić information content (AvgIpc) is 2.26. The summed E-state index contributed by atoms with van der Waals surface area (Å²) in [6, 6.07) is 0.340. The highest BCUT2D eigenvalue weighted by atomic mass is 35.5. The standard InChI is InChI=1S/C11H14ClN3O2/c12-10-9(6-17)11(14-7-13-10)15(4-5-16)8-2-1-3-8/h6-8,16H,1-5H2. The van der Waals surface area contributed by atoms with Crippen molar-refractivity contribution in [3.8, 4) is 0 Å². The smallest absolute Gasteiger partial charge is 0.156 e. The summed E-state index contributed by atoms with van der Waals surface area (Å²) in [7, 11) is 0. The van der Waals surface area contributed by atoms with Gasteiger partial charge < -0.3 is 10.0 Å². The molecule has 2 rings (SSSR count).